The second-order valence-electron chi connectivity index (χ2n) is 6.03. The number of aromatic nitrogens is 1. The SMILES string of the molecule is CCN1C(=O)/C(=C(/C)c2cnc3ccccc3c2)SC1=NC(C)C. The highest BCUT2D eigenvalue weighted by Gasteiger charge is 2.34. The fourth-order valence-corrected chi connectivity index (χ4v) is 3.88. The summed E-state index contributed by atoms with van der Waals surface area (Å²) in [5, 5.41) is 1.87. The summed E-state index contributed by atoms with van der Waals surface area (Å²) in [6, 6.07) is 10.3. The van der Waals surface area contributed by atoms with Gasteiger partial charge in [0.05, 0.1) is 10.4 Å². The first-order chi connectivity index (χ1) is 11.5. The molecule has 2 heterocycles. The minimum atomic E-state index is 0.0348. The largest absolute Gasteiger partial charge is 0.287 e. The molecule has 0 spiro atoms. The van der Waals surface area contributed by atoms with Crippen molar-refractivity contribution in [2.75, 3.05) is 6.54 Å². The van der Waals surface area contributed by atoms with Crippen LogP contribution >= 0.6 is 11.8 Å². The van der Waals surface area contributed by atoms with Crippen molar-refractivity contribution < 1.29 is 4.79 Å². The smallest absolute Gasteiger partial charge is 0.267 e. The van der Waals surface area contributed by atoms with Crippen LogP contribution in [0.2, 0.25) is 0 Å². The molecular formula is C19H21N3OS. The molecule has 24 heavy (non-hydrogen) atoms. The van der Waals surface area contributed by atoms with E-state index >= 15 is 0 Å². The van der Waals surface area contributed by atoms with Gasteiger partial charge in [0.2, 0.25) is 0 Å². The number of likely N-dealkylation sites (N-methyl/N-ethyl adjacent to an activating group) is 1. The van der Waals surface area contributed by atoms with Crippen molar-refractivity contribution in [1.29, 1.82) is 0 Å². The fourth-order valence-electron chi connectivity index (χ4n) is 2.64. The predicted molar refractivity (Wildman–Crippen MR) is 102 cm³/mol. The van der Waals surface area contributed by atoms with Gasteiger partial charge in [-0.15, -0.1) is 0 Å². The molecule has 1 aliphatic rings. The maximum absolute atomic E-state index is 12.8. The first-order valence-corrected chi connectivity index (χ1v) is 8.96. The highest BCUT2D eigenvalue weighted by Crippen LogP contribution is 2.37. The van der Waals surface area contributed by atoms with E-state index in [1.54, 1.807) is 4.90 Å². The van der Waals surface area contributed by atoms with Crippen LogP contribution in [0.4, 0.5) is 0 Å². The lowest BCUT2D eigenvalue weighted by atomic mass is 10.1. The van der Waals surface area contributed by atoms with Crippen molar-refractivity contribution in [3.63, 3.8) is 0 Å². The number of pyridine rings is 1. The molecule has 1 aromatic carbocycles. The van der Waals surface area contributed by atoms with E-state index < -0.39 is 0 Å². The fraction of sp³-hybridized carbons (Fsp3) is 0.316. The van der Waals surface area contributed by atoms with Gasteiger partial charge in [-0.25, -0.2) is 0 Å². The lowest BCUT2D eigenvalue weighted by Crippen LogP contribution is -2.29. The monoisotopic (exact) mass is 339 g/mol. The third-order valence-electron chi connectivity index (χ3n) is 3.91. The summed E-state index contributed by atoms with van der Waals surface area (Å²) < 4.78 is 0. The van der Waals surface area contributed by atoms with Crippen LogP contribution in [0.5, 0.6) is 0 Å². The number of rotatable bonds is 3. The maximum Gasteiger partial charge on any atom is 0.267 e. The average molecular weight is 339 g/mol. The van der Waals surface area contributed by atoms with Crippen LogP contribution in [0.3, 0.4) is 0 Å². The van der Waals surface area contributed by atoms with Gasteiger partial charge in [-0.2, -0.15) is 0 Å². The zero-order valence-corrected chi connectivity index (χ0v) is 15.2. The third kappa shape index (κ3) is 3.08. The van der Waals surface area contributed by atoms with Crippen molar-refractivity contribution in [3.05, 3.63) is 47.0 Å². The Balaban J connectivity index is 2.05. The summed E-state index contributed by atoms with van der Waals surface area (Å²) in [5.41, 5.74) is 2.89. The minimum Gasteiger partial charge on any atom is -0.287 e. The van der Waals surface area contributed by atoms with E-state index in [9.17, 15) is 4.79 Å². The van der Waals surface area contributed by atoms with Crippen LogP contribution < -0.4 is 0 Å². The van der Waals surface area contributed by atoms with Gasteiger partial charge < -0.3 is 0 Å². The zero-order valence-electron chi connectivity index (χ0n) is 14.4. The van der Waals surface area contributed by atoms with Crippen molar-refractivity contribution in [2.45, 2.75) is 33.7 Å². The zero-order chi connectivity index (χ0) is 17.3. The molecule has 0 N–H and O–H groups in total. The van der Waals surface area contributed by atoms with Crippen LogP contribution in [0.15, 0.2) is 46.4 Å². The van der Waals surface area contributed by atoms with Crippen LogP contribution in [-0.4, -0.2) is 33.5 Å². The molecule has 1 saturated heterocycles. The summed E-state index contributed by atoms with van der Waals surface area (Å²) in [6.07, 6.45) is 1.84. The van der Waals surface area contributed by atoms with Crippen molar-refractivity contribution in [3.8, 4) is 0 Å². The van der Waals surface area contributed by atoms with E-state index in [-0.39, 0.29) is 11.9 Å². The summed E-state index contributed by atoms with van der Waals surface area (Å²) in [7, 11) is 0. The number of amidine groups is 1. The molecule has 0 saturated carbocycles. The number of thioether (sulfide) groups is 1. The number of carbonyl (C=O) groups is 1. The van der Waals surface area contributed by atoms with E-state index in [4.69, 9.17) is 0 Å². The molecule has 124 valence electrons. The topological polar surface area (TPSA) is 45.6 Å². The number of allylic oxidation sites excluding steroid dienone is 1. The molecule has 2 aromatic rings. The van der Waals surface area contributed by atoms with Crippen molar-refractivity contribution in [2.24, 2.45) is 4.99 Å². The molecule has 3 rings (SSSR count). The van der Waals surface area contributed by atoms with Gasteiger partial charge in [0.1, 0.15) is 0 Å². The van der Waals surface area contributed by atoms with E-state index in [0.717, 1.165) is 32.1 Å². The number of fused-ring (bicyclic) bond motifs is 1. The minimum absolute atomic E-state index is 0.0348. The quantitative estimate of drug-likeness (QED) is 0.782. The van der Waals surface area contributed by atoms with Gasteiger partial charge in [-0.3, -0.25) is 19.7 Å². The number of amides is 1. The van der Waals surface area contributed by atoms with E-state index in [1.807, 2.05) is 58.2 Å². The lowest BCUT2D eigenvalue weighted by Gasteiger charge is -2.13. The number of benzene rings is 1. The average Bonchev–Trinajstić information content (AvgIpc) is 2.88. The molecule has 0 atom stereocenters. The second-order valence-corrected chi connectivity index (χ2v) is 7.01. The Morgan fingerprint density at radius 2 is 2.08 bits per heavy atom. The molecule has 1 fully saturated rings. The highest BCUT2D eigenvalue weighted by atomic mass is 32.2. The van der Waals surface area contributed by atoms with Crippen molar-refractivity contribution in [1.82, 2.24) is 9.88 Å². The Kier molecular flexibility index (Phi) is 4.71. The molecule has 0 aliphatic carbocycles. The highest BCUT2D eigenvalue weighted by molar-refractivity contribution is 8.18. The Bertz CT molecular complexity index is 855. The van der Waals surface area contributed by atoms with Gasteiger partial charge in [-0.05, 0) is 62.7 Å². The number of para-hydroxylation sites is 1. The van der Waals surface area contributed by atoms with Crippen molar-refractivity contribution >= 4 is 39.3 Å². The normalized spacial score (nSPS) is 19.0. The van der Waals surface area contributed by atoms with Crippen LogP contribution in [0.25, 0.3) is 16.5 Å². The molecule has 0 bridgehead atoms. The molecule has 0 radical (unpaired) electrons. The van der Waals surface area contributed by atoms with Crippen LogP contribution in [0, 0.1) is 0 Å². The number of nitrogens with zero attached hydrogens (tertiary/aromatic N) is 3. The van der Waals surface area contributed by atoms with Gasteiger partial charge in [0, 0.05) is 24.2 Å². The second kappa shape index (κ2) is 6.77. The van der Waals surface area contributed by atoms with E-state index in [0.29, 0.717) is 6.54 Å². The molecule has 5 heteroatoms. The molecule has 0 unspecified atom stereocenters. The van der Waals surface area contributed by atoms with Crippen LogP contribution in [-0.2, 0) is 4.79 Å². The summed E-state index contributed by atoms with van der Waals surface area (Å²) in [4.78, 5) is 24.3. The molecule has 1 aliphatic heterocycles. The molecule has 1 amide bonds. The van der Waals surface area contributed by atoms with Gasteiger partial charge in [0.25, 0.3) is 5.91 Å². The molecule has 4 nitrogen and oxygen atoms in total. The van der Waals surface area contributed by atoms with E-state index in [2.05, 4.69) is 16.0 Å². The lowest BCUT2D eigenvalue weighted by molar-refractivity contribution is -0.122. The maximum atomic E-state index is 12.8. The predicted octanol–water partition coefficient (Wildman–Crippen LogP) is 4.33. The standard InChI is InChI=1S/C19H21N3OS/c1-5-22-18(23)17(24-19(22)21-12(2)3)13(4)15-10-14-8-6-7-9-16(14)20-11-15/h6-12H,5H2,1-4H3/b17-13+,21-19?. The summed E-state index contributed by atoms with van der Waals surface area (Å²) >= 11 is 1.47. The molecular weight excluding hydrogens is 318 g/mol. The Hall–Kier alpha value is -2.14. The first kappa shape index (κ1) is 16.7. The number of hydrogen-bond donors (Lipinski definition) is 0. The van der Waals surface area contributed by atoms with Gasteiger partial charge in [-0.1, -0.05) is 18.2 Å². The number of carbonyl (C=O) groups excluding carboxylic acids is 1. The number of aliphatic imine (C=N–C) groups is 1. The first-order valence-electron chi connectivity index (χ1n) is 8.14. The number of hydrogen-bond acceptors (Lipinski definition) is 4. The summed E-state index contributed by atoms with van der Waals surface area (Å²) in [5.74, 6) is 0.0348. The summed E-state index contributed by atoms with van der Waals surface area (Å²) in [6.45, 7) is 8.63. The Morgan fingerprint density at radius 3 is 2.79 bits per heavy atom. The third-order valence-corrected chi connectivity index (χ3v) is 5.11. The van der Waals surface area contributed by atoms with Crippen LogP contribution in [0.1, 0.15) is 33.3 Å². The Labute approximate surface area is 146 Å². The molecule has 1 aromatic heterocycles. The van der Waals surface area contributed by atoms with Gasteiger partial charge in [0.15, 0.2) is 5.17 Å². The van der Waals surface area contributed by atoms with Gasteiger partial charge >= 0.3 is 0 Å². The Morgan fingerprint density at radius 1 is 1.33 bits per heavy atom. The van der Waals surface area contributed by atoms with E-state index in [1.165, 1.54) is 11.8 Å².